The minimum absolute atomic E-state index is 0.0638. The summed E-state index contributed by atoms with van der Waals surface area (Å²) in [6.45, 7) is 2.59. The Morgan fingerprint density at radius 3 is 2.60 bits per heavy atom. The van der Waals surface area contributed by atoms with E-state index in [9.17, 15) is 18.1 Å². The van der Waals surface area contributed by atoms with Gasteiger partial charge in [0.15, 0.2) is 0 Å². The molecular formula is C22H23FN4O2S. The van der Waals surface area contributed by atoms with Gasteiger partial charge in [0, 0.05) is 23.2 Å². The average Bonchev–Trinajstić information content (AvgIpc) is 2.99. The van der Waals surface area contributed by atoms with Crippen LogP contribution in [0.15, 0.2) is 41.4 Å². The number of hydrogen-bond donors (Lipinski definition) is 1. The van der Waals surface area contributed by atoms with Crippen molar-refractivity contribution in [3.63, 3.8) is 0 Å². The van der Waals surface area contributed by atoms with Crippen LogP contribution in [-0.4, -0.2) is 30.7 Å². The molecule has 0 radical (unpaired) electrons. The van der Waals surface area contributed by atoms with E-state index in [1.54, 1.807) is 12.1 Å². The van der Waals surface area contributed by atoms with Crippen LogP contribution in [0.3, 0.4) is 0 Å². The first-order valence-corrected chi connectivity index (χ1v) is 11.4. The van der Waals surface area contributed by atoms with Gasteiger partial charge in [-0.3, -0.25) is 4.98 Å². The Labute approximate surface area is 175 Å². The zero-order valence-corrected chi connectivity index (χ0v) is 17.7. The highest BCUT2D eigenvalue weighted by molar-refractivity contribution is 7.89. The Hall–Kier alpha value is -2.76. The van der Waals surface area contributed by atoms with Gasteiger partial charge in [-0.1, -0.05) is 12.1 Å². The van der Waals surface area contributed by atoms with Gasteiger partial charge in [0.2, 0.25) is 10.0 Å². The van der Waals surface area contributed by atoms with E-state index in [0.29, 0.717) is 11.6 Å². The van der Waals surface area contributed by atoms with E-state index < -0.39 is 22.7 Å². The van der Waals surface area contributed by atoms with Crippen LogP contribution in [0.25, 0.3) is 22.2 Å². The Kier molecular flexibility index (Phi) is 5.35. The number of fused-ring (bicyclic) bond motifs is 1. The molecule has 1 atom stereocenters. The summed E-state index contributed by atoms with van der Waals surface area (Å²) in [5, 5.41) is 10.8. The quantitative estimate of drug-likeness (QED) is 0.638. The molecule has 0 spiro atoms. The van der Waals surface area contributed by atoms with E-state index in [2.05, 4.69) is 20.3 Å². The fourth-order valence-corrected chi connectivity index (χ4v) is 5.11. The van der Waals surface area contributed by atoms with Gasteiger partial charge in [-0.05, 0) is 56.9 Å². The topological polar surface area (TPSA) is 87.8 Å². The lowest BCUT2D eigenvalue weighted by molar-refractivity contribution is 0.324. The maximum atomic E-state index is 12.7. The molecule has 1 aliphatic rings. The number of benzene rings is 1. The SMILES string of the molecule is Cc1cc2c(C#N)c(-c3ccc(S(=O)(=O)N[C@@H](C)CF)cc3)n(C3CCC3)c2cn1. The number of hydrogen-bond acceptors (Lipinski definition) is 4. The summed E-state index contributed by atoms with van der Waals surface area (Å²) in [4.78, 5) is 4.49. The van der Waals surface area contributed by atoms with Crippen molar-refractivity contribution < 1.29 is 12.8 Å². The summed E-state index contributed by atoms with van der Waals surface area (Å²) >= 11 is 0. The van der Waals surface area contributed by atoms with E-state index >= 15 is 0 Å². The Morgan fingerprint density at radius 1 is 1.33 bits per heavy atom. The van der Waals surface area contributed by atoms with Crippen molar-refractivity contribution in [3.8, 4) is 17.3 Å². The van der Waals surface area contributed by atoms with Gasteiger partial charge in [-0.15, -0.1) is 0 Å². The lowest BCUT2D eigenvalue weighted by atomic mass is 9.92. The van der Waals surface area contributed by atoms with Gasteiger partial charge in [0.1, 0.15) is 12.7 Å². The molecule has 1 fully saturated rings. The van der Waals surface area contributed by atoms with Gasteiger partial charge < -0.3 is 4.57 Å². The lowest BCUT2D eigenvalue weighted by Gasteiger charge is -2.30. The van der Waals surface area contributed by atoms with E-state index in [-0.39, 0.29) is 4.90 Å². The molecule has 1 aliphatic carbocycles. The smallest absolute Gasteiger partial charge is 0.240 e. The number of nitrogens with one attached hydrogen (secondary N) is 1. The van der Waals surface area contributed by atoms with Gasteiger partial charge in [0.25, 0.3) is 0 Å². The number of nitrogens with zero attached hydrogens (tertiary/aromatic N) is 3. The highest BCUT2D eigenvalue weighted by atomic mass is 32.2. The first-order valence-electron chi connectivity index (χ1n) is 9.95. The standard InChI is InChI=1S/C22H23FN4O2S/c1-14-10-19-20(12-24)22(27(17-4-3-5-17)21(19)13-25-14)16-6-8-18(9-7-16)30(28,29)26-15(2)11-23/h6-10,13,15,17,26H,3-5,11H2,1-2H3/t15-/m0/s1. The number of aryl methyl sites for hydroxylation is 1. The molecule has 0 bridgehead atoms. The van der Waals surface area contributed by atoms with Gasteiger partial charge in [-0.25, -0.2) is 17.5 Å². The van der Waals surface area contributed by atoms with Crippen molar-refractivity contribution >= 4 is 20.9 Å². The van der Waals surface area contributed by atoms with Crippen molar-refractivity contribution in [2.45, 2.75) is 50.1 Å². The van der Waals surface area contributed by atoms with E-state index in [1.807, 2.05) is 19.2 Å². The van der Waals surface area contributed by atoms with Gasteiger partial charge in [0.05, 0.1) is 27.9 Å². The molecule has 30 heavy (non-hydrogen) atoms. The predicted molar refractivity (Wildman–Crippen MR) is 113 cm³/mol. The summed E-state index contributed by atoms with van der Waals surface area (Å²) in [5.41, 5.74) is 3.89. The third kappa shape index (κ3) is 3.48. The summed E-state index contributed by atoms with van der Waals surface area (Å²) in [5.74, 6) is 0. The minimum Gasteiger partial charge on any atom is -0.335 e. The molecular weight excluding hydrogens is 403 g/mol. The van der Waals surface area contributed by atoms with Crippen LogP contribution >= 0.6 is 0 Å². The highest BCUT2D eigenvalue weighted by Gasteiger charge is 2.28. The fraction of sp³-hybridized carbons (Fsp3) is 0.364. The van der Waals surface area contributed by atoms with Crippen LogP contribution in [-0.2, 0) is 10.0 Å². The number of rotatable bonds is 6. The van der Waals surface area contributed by atoms with Crippen molar-refractivity contribution in [3.05, 3.63) is 47.8 Å². The molecule has 2 aromatic heterocycles. The van der Waals surface area contributed by atoms with Crippen LogP contribution < -0.4 is 4.72 Å². The predicted octanol–water partition coefficient (Wildman–Crippen LogP) is 4.24. The first kappa shape index (κ1) is 20.5. The summed E-state index contributed by atoms with van der Waals surface area (Å²) < 4.78 is 42.1. The summed E-state index contributed by atoms with van der Waals surface area (Å²) in [7, 11) is -3.81. The summed E-state index contributed by atoms with van der Waals surface area (Å²) in [6.07, 6.45) is 5.02. The Bertz CT molecular complexity index is 1240. The normalized spacial score (nSPS) is 15.7. The molecule has 3 aromatic rings. The molecule has 156 valence electrons. The van der Waals surface area contributed by atoms with Crippen LogP contribution in [0.5, 0.6) is 0 Å². The number of nitriles is 1. The van der Waals surface area contributed by atoms with Crippen LogP contribution in [0.4, 0.5) is 4.39 Å². The largest absolute Gasteiger partial charge is 0.335 e. The molecule has 1 saturated carbocycles. The van der Waals surface area contributed by atoms with Crippen molar-refractivity contribution in [1.29, 1.82) is 5.26 Å². The third-order valence-electron chi connectivity index (χ3n) is 5.60. The third-order valence-corrected chi connectivity index (χ3v) is 7.21. The van der Waals surface area contributed by atoms with Crippen LogP contribution in [0.2, 0.25) is 0 Å². The second-order valence-corrected chi connectivity index (χ2v) is 9.55. The monoisotopic (exact) mass is 426 g/mol. The molecule has 8 heteroatoms. The number of halogens is 1. The molecule has 4 rings (SSSR count). The zero-order chi connectivity index (χ0) is 21.5. The minimum atomic E-state index is -3.81. The molecule has 2 heterocycles. The van der Waals surface area contributed by atoms with E-state index in [4.69, 9.17) is 0 Å². The van der Waals surface area contributed by atoms with Crippen molar-refractivity contribution in [2.75, 3.05) is 6.67 Å². The summed E-state index contributed by atoms with van der Waals surface area (Å²) in [6, 6.07) is 10.2. The van der Waals surface area contributed by atoms with Gasteiger partial charge in [-0.2, -0.15) is 5.26 Å². The fourth-order valence-electron chi connectivity index (χ4n) is 3.89. The zero-order valence-electron chi connectivity index (χ0n) is 16.9. The second kappa shape index (κ2) is 7.82. The van der Waals surface area contributed by atoms with Gasteiger partial charge >= 0.3 is 0 Å². The second-order valence-electron chi connectivity index (χ2n) is 7.83. The molecule has 0 unspecified atom stereocenters. The number of aromatic nitrogens is 2. The number of alkyl halides is 1. The molecule has 0 aliphatic heterocycles. The maximum absolute atomic E-state index is 12.7. The Morgan fingerprint density at radius 2 is 2.03 bits per heavy atom. The molecule has 1 aromatic carbocycles. The number of pyridine rings is 1. The lowest BCUT2D eigenvalue weighted by Crippen LogP contribution is -2.33. The van der Waals surface area contributed by atoms with Crippen molar-refractivity contribution in [2.24, 2.45) is 0 Å². The van der Waals surface area contributed by atoms with Crippen LogP contribution in [0, 0.1) is 18.3 Å². The maximum Gasteiger partial charge on any atom is 0.240 e. The van der Waals surface area contributed by atoms with Crippen LogP contribution in [0.1, 0.15) is 43.5 Å². The molecule has 0 amide bonds. The molecule has 6 nitrogen and oxygen atoms in total. The van der Waals surface area contributed by atoms with Crippen molar-refractivity contribution in [1.82, 2.24) is 14.3 Å². The first-order chi connectivity index (χ1) is 14.4. The highest BCUT2D eigenvalue weighted by Crippen LogP contribution is 2.42. The molecule has 1 N–H and O–H groups in total. The van der Waals surface area contributed by atoms with E-state index in [0.717, 1.165) is 47.1 Å². The average molecular weight is 427 g/mol. The molecule has 0 saturated heterocycles. The van der Waals surface area contributed by atoms with E-state index in [1.165, 1.54) is 19.1 Å². The Balaban J connectivity index is 1.84. The number of sulfonamides is 1.